The highest BCUT2D eigenvalue weighted by molar-refractivity contribution is 6.05. The van der Waals surface area contributed by atoms with Gasteiger partial charge in [-0.2, -0.15) is 0 Å². The fourth-order valence-corrected chi connectivity index (χ4v) is 3.21. The van der Waals surface area contributed by atoms with E-state index in [2.05, 4.69) is 10.3 Å². The molecule has 0 aliphatic heterocycles. The van der Waals surface area contributed by atoms with Crippen LogP contribution in [0.25, 0.3) is 16.9 Å². The van der Waals surface area contributed by atoms with Crippen LogP contribution in [0.1, 0.15) is 15.9 Å². The normalized spacial score (nSPS) is 10.7. The molecule has 8 nitrogen and oxygen atoms in total. The predicted octanol–water partition coefficient (Wildman–Crippen LogP) is 4.48. The Hall–Kier alpha value is -4.20. The average molecular weight is 402 g/mol. The van der Waals surface area contributed by atoms with Crippen molar-refractivity contribution in [2.45, 2.75) is 6.92 Å². The number of nitrogens with one attached hydrogen (secondary N) is 1. The van der Waals surface area contributed by atoms with Crippen molar-refractivity contribution < 1.29 is 14.5 Å². The highest BCUT2D eigenvalue weighted by Gasteiger charge is 2.15. The molecule has 0 atom stereocenters. The summed E-state index contributed by atoms with van der Waals surface area (Å²) in [4.78, 5) is 27.8. The Morgan fingerprint density at radius 2 is 2.00 bits per heavy atom. The minimum absolute atomic E-state index is 0.150. The lowest BCUT2D eigenvalue weighted by molar-refractivity contribution is -0.384. The summed E-state index contributed by atoms with van der Waals surface area (Å²) in [6, 6.07) is 14.9. The summed E-state index contributed by atoms with van der Waals surface area (Å²) in [6.07, 6.45) is 3.84. The van der Waals surface area contributed by atoms with Gasteiger partial charge in [-0.1, -0.05) is 12.1 Å². The lowest BCUT2D eigenvalue weighted by Crippen LogP contribution is -2.13. The van der Waals surface area contributed by atoms with Gasteiger partial charge in [-0.15, -0.1) is 0 Å². The van der Waals surface area contributed by atoms with Gasteiger partial charge >= 0.3 is 0 Å². The van der Waals surface area contributed by atoms with Gasteiger partial charge in [-0.25, -0.2) is 4.98 Å². The van der Waals surface area contributed by atoms with Gasteiger partial charge in [0, 0.05) is 35.7 Å². The minimum atomic E-state index is -0.538. The van der Waals surface area contributed by atoms with Crippen molar-refractivity contribution >= 4 is 22.9 Å². The van der Waals surface area contributed by atoms with E-state index in [1.165, 1.54) is 31.4 Å². The van der Waals surface area contributed by atoms with Crippen LogP contribution in [0.5, 0.6) is 5.75 Å². The van der Waals surface area contributed by atoms with E-state index in [4.69, 9.17) is 4.74 Å². The number of nitro groups is 1. The van der Waals surface area contributed by atoms with Crippen LogP contribution >= 0.6 is 0 Å². The molecule has 1 N–H and O–H groups in total. The molecule has 4 rings (SSSR count). The number of carbonyl (C=O) groups is 1. The number of hydrogen-bond donors (Lipinski definition) is 1. The van der Waals surface area contributed by atoms with Crippen LogP contribution in [0.3, 0.4) is 0 Å². The van der Waals surface area contributed by atoms with Crippen molar-refractivity contribution in [1.82, 2.24) is 9.38 Å². The number of ether oxygens (including phenoxy) is 1. The molecule has 0 aliphatic rings. The van der Waals surface area contributed by atoms with E-state index in [-0.39, 0.29) is 11.3 Å². The standard InChI is InChI=1S/C22H18N4O4/c1-14-5-4-10-25-13-19(23-21(14)25)15-8-9-20(30-2)18(12-15)24-22(27)16-6-3-7-17(11-16)26(28)29/h3-13H,1-2H3,(H,24,27). The van der Waals surface area contributed by atoms with E-state index in [0.29, 0.717) is 11.4 Å². The first kappa shape index (κ1) is 19.1. The number of nitro benzene ring substituents is 1. The van der Waals surface area contributed by atoms with Gasteiger partial charge in [-0.05, 0) is 42.8 Å². The Morgan fingerprint density at radius 3 is 2.73 bits per heavy atom. The van der Waals surface area contributed by atoms with Gasteiger partial charge in [0.2, 0.25) is 0 Å². The second kappa shape index (κ2) is 7.67. The third-order valence-electron chi connectivity index (χ3n) is 4.74. The van der Waals surface area contributed by atoms with Crippen molar-refractivity contribution in [3.8, 4) is 17.0 Å². The first-order chi connectivity index (χ1) is 14.5. The number of fused-ring (bicyclic) bond motifs is 1. The van der Waals surface area contributed by atoms with Gasteiger partial charge in [0.15, 0.2) is 0 Å². The Kier molecular flexibility index (Phi) is 4.89. The topological polar surface area (TPSA) is 98.8 Å². The smallest absolute Gasteiger partial charge is 0.270 e. The molecule has 0 fully saturated rings. The number of carbonyl (C=O) groups excluding carboxylic acids is 1. The predicted molar refractivity (Wildman–Crippen MR) is 113 cm³/mol. The van der Waals surface area contributed by atoms with Gasteiger partial charge in [-0.3, -0.25) is 14.9 Å². The number of hydrogen-bond acceptors (Lipinski definition) is 5. The van der Waals surface area contributed by atoms with Gasteiger partial charge in [0.1, 0.15) is 11.4 Å². The molecule has 4 aromatic rings. The van der Waals surface area contributed by atoms with Crippen LogP contribution in [-0.4, -0.2) is 27.3 Å². The second-order valence-electron chi connectivity index (χ2n) is 6.72. The van der Waals surface area contributed by atoms with Crippen molar-refractivity contribution in [2.75, 3.05) is 12.4 Å². The van der Waals surface area contributed by atoms with Crippen molar-refractivity contribution in [1.29, 1.82) is 0 Å². The molecule has 1 amide bonds. The number of nitrogens with zero attached hydrogens (tertiary/aromatic N) is 3. The van der Waals surface area contributed by atoms with Gasteiger partial charge in [0.05, 0.1) is 23.4 Å². The van der Waals surface area contributed by atoms with E-state index in [9.17, 15) is 14.9 Å². The molecule has 0 bridgehead atoms. The highest BCUT2D eigenvalue weighted by Crippen LogP contribution is 2.31. The van der Waals surface area contributed by atoms with Crippen molar-refractivity contribution in [2.24, 2.45) is 0 Å². The third kappa shape index (κ3) is 3.58. The number of imidazole rings is 1. The number of methoxy groups -OCH3 is 1. The molecule has 0 saturated heterocycles. The largest absolute Gasteiger partial charge is 0.495 e. The van der Waals surface area contributed by atoms with Crippen LogP contribution in [0.2, 0.25) is 0 Å². The summed E-state index contributed by atoms with van der Waals surface area (Å²) < 4.78 is 7.31. The molecule has 2 heterocycles. The fourth-order valence-electron chi connectivity index (χ4n) is 3.21. The molecule has 0 unspecified atom stereocenters. The summed E-state index contributed by atoms with van der Waals surface area (Å²) in [7, 11) is 1.51. The van der Waals surface area contributed by atoms with Gasteiger partial charge < -0.3 is 14.5 Å². The van der Waals surface area contributed by atoms with Crippen LogP contribution in [-0.2, 0) is 0 Å². The molecule has 2 aromatic heterocycles. The Balaban J connectivity index is 1.69. The molecule has 0 aliphatic carbocycles. The maximum atomic E-state index is 12.7. The van der Waals surface area contributed by atoms with E-state index in [0.717, 1.165) is 22.5 Å². The molecular weight excluding hydrogens is 384 g/mol. The van der Waals surface area contributed by atoms with E-state index in [1.807, 2.05) is 41.9 Å². The van der Waals surface area contributed by atoms with Gasteiger partial charge in [0.25, 0.3) is 11.6 Å². The van der Waals surface area contributed by atoms with Crippen molar-refractivity contribution in [3.05, 3.63) is 88.2 Å². The fraction of sp³-hybridized carbons (Fsp3) is 0.0909. The first-order valence-corrected chi connectivity index (χ1v) is 9.15. The lowest BCUT2D eigenvalue weighted by Gasteiger charge is -2.11. The summed E-state index contributed by atoms with van der Waals surface area (Å²) in [5, 5.41) is 13.8. The maximum absolute atomic E-state index is 12.7. The van der Waals surface area contributed by atoms with E-state index in [1.54, 1.807) is 12.1 Å². The zero-order valence-electron chi connectivity index (χ0n) is 16.3. The van der Waals surface area contributed by atoms with Crippen molar-refractivity contribution in [3.63, 3.8) is 0 Å². The maximum Gasteiger partial charge on any atom is 0.270 e. The molecule has 8 heteroatoms. The molecule has 0 spiro atoms. The third-order valence-corrected chi connectivity index (χ3v) is 4.74. The molecule has 150 valence electrons. The van der Waals surface area contributed by atoms with Crippen LogP contribution in [0.4, 0.5) is 11.4 Å². The molecule has 30 heavy (non-hydrogen) atoms. The van der Waals surface area contributed by atoms with Crippen LogP contribution < -0.4 is 10.1 Å². The first-order valence-electron chi connectivity index (χ1n) is 9.15. The molecular formula is C22H18N4O4. The second-order valence-corrected chi connectivity index (χ2v) is 6.72. The zero-order valence-corrected chi connectivity index (χ0v) is 16.3. The Bertz CT molecular complexity index is 1280. The summed E-state index contributed by atoms with van der Waals surface area (Å²) in [5.41, 5.74) is 3.93. The van der Waals surface area contributed by atoms with Crippen LogP contribution in [0.15, 0.2) is 67.0 Å². The number of aromatic nitrogens is 2. The minimum Gasteiger partial charge on any atom is -0.495 e. The summed E-state index contributed by atoms with van der Waals surface area (Å²) >= 11 is 0. The lowest BCUT2D eigenvalue weighted by atomic mass is 10.1. The number of non-ortho nitro benzene ring substituents is 1. The molecule has 0 saturated carbocycles. The van der Waals surface area contributed by atoms with E-state index >= 15 is 0 Å². The van der Waals surface area contributed by atoms with Crippen LogP contribution in [0, 0.1) is 17.0 Å². The summed E-state index contributed by atoms with van der Waals surface area (Å²) in [5.74, 6) is -0.00234. The molecule has 2 aromatic carbocycles. The number of benzene rings is 2. The Labute approximate surface area is 171 Å². The highest BCUT2D eigenvalue weighted by atomic mass is 16.6. The zero-order chi connectivity index (χ0) is 21.3. The Morgan fingerprint density at radius 1 is 1.17 bits per heavy atom. The summed E-state index contributed by atoms with van der Waals surface area (Å²) in [6.45, 7) is 1.99. The SMILES string of the molecule is COc1ccc(-c2cn3cccc(C)c3n2)cc1NC(=O)c1cccc([N+](=O)[O-])c1. The monoisotopic (exact) mass is 402 g/mol. The number of aryl methyl sites for hydroxylation is 1. The van der Waals surface area contributed by atoms with E-state index < -0.39 is 10.8 Å². The quantitative estimate of drug-likeness (QED) is 0.392. The number of amides is 1. The number of rotatable bonds is 5. The molecule has 0 radical (unpaired) electrons. The number of anilines is 1. The average Bonchev–Trinajstić information content (AvgIpc) is 3.19. The number of pyridine rings is 1.